The van der Waals surface area contributed by atoms with Crippen LogP contribution < -0.4 is 10.9 Å². The molecule has 1 aromatic carbocycles. The van der Waals surface area contributed by atoms with Crippen LogP contribution in [-0.4, -0.2) is 14.3 Å². The van der Waals surface area contributed by atoms with Crippen LogP contribution in [0.15, 0.2) is 21.5 Å². The number of amides is 1. The van der Waals surface area contributed by atoms with Gasteiger partial charge in [-0.1, -0.05) is 0 Å². The largest absolute Gasteiger partial charge is 0.366 e. The average molecular weight is 297 g/mol. The molecule has 1 aromatic rings. The first kappa shape index (κ1) is 12.1. The van der Waals surface area contributed by atoms with Gasteiger partial charge in [0.2, 0.25) is 15.9 Å². The highest BCUT2D eigenvalue weighted by atomic mass is 79.9. The van der Waals surface area contributed by atoms with E-state index in [4.69, 9.17) is 10.9 Å². The van der Waals surface area contributed by atoms with Gasteiger partial charge in [0.15, 0.2) is 0 Å². The number of carbonyl (C=O) groups is 1. The Hall–Kier alpha value is -0.990. The summed E-state index contributed by atoms with van der Waals surface area (Å²) >= 11 is 2.83. The summed E-state index contributed by atoms with van der Waals surface area (Å²) in [6, 6.07) is 1.52. The summed E-state index contributed by atoms with van der Waals surface area (Å²) in [5.41, 5.74) is 4.65. The number of benzene rings is 1. The van der Waals surface area contributed by atoms with Gasteiger partial charge in [0.05, 0.1) is 14.9 Å². The van der Waals surface area contributed by atoms with Gasteiger partial charge in [-0.25, -0.2) is 17.9 Å². The highest BCUT2D eigenvalue weighted by Crippen LogP contribution is 2.26. The van der Waals surface area contributed by atoms with E-state index >= 15 is 0 Å². The number of primary amides is 1. The van der Waals surface area contributed by atoms with Crippen molar-refractivity contribution in [2.75, 3.05) is 0 Å². The zero-order chi connectivity index (χ0) is 11.8. The molecule has 0 unspecified atom stereocenters. The van der Waals surface area contributed by atoms with Crippen LogP contribution in [0.5, 0.6) is 0 Å². The molecular formula is C7H6BrFN2O3S. The Morgan fingerprint density at radius 2 is 1.93 bits per heavy atom. The van der Waals surface area contributed by atoms with Gasteiger partial charge in [0, 0.05) is 0 Å². The molecule has 0 bridgehead atoms. The quantitative estimate of drug-likeness (QED) is 0.822. The van der Waals surface area contributed by atoms with Crippen molar-refractivity contribution in [1.29, 1.82) is 0 Å². The summed E-state index contributed by atoms with van der Waals surface area (Å²) in [4.78, 5) is 10.3. The van der Waals surface area contributed by atoms with E-state index in [1.165, 1.54) is 0 Å². The van der Waals surface area contributed by atoms with Crippen LogP contribution in [0.4, 0.5) is 4.39 Å². The van der Waals surface area contributed by atoms with Crippen molar-refractivity contribution in [2.24, 2.45) is 10.9 Å². The van der Waals surface area contributed by atoms with E-state index in [0.717, 1.165) is 6.07 Å². The first-order valence-corrected chi connectivity index (χ1v) is 5.89. The van der Waals surface area contributed by atoms with Crippen molar-refractivity contribution in [3.8, 4) is 0 Å². The minimum Gasteiger partial charge on any atom is -0.366 e. The van der Waals surface area contributed by atoms with E-state index in [-0.39, 0.29) is 10.0 Å². The molecule has 15 heavy (non-hydrogen) atoms. The molecule has 0 aromatic heterocycles. The molecule has 82 valence electrons. The topological polar surface area (TPSA) is 103 Å². The monoisotopic (exact) mass is 296 g/mol. The fourth-order valence-corrected chi connectivity index (χ4v) is 2.69. The van der Waals surface area contributed by atoms with Crippen LogP contribution in [0.1, 0.15) is 10.4 Å². The van der Waals surface area contributed by atoms with Crippen molar-refractivity contribution < 1.29 is 17.6 Å². The van der Waals surface area contributed by atoms with Gasteiger partial charge >= 0.3 is 0 Å². The fourth-order valence-electron chi connectivity index (χ4n) is 0.951. The first-order chi connectivity index (χ1) is 6.73. The number of hydrogen-bond acceptors (Lipinski definition) is 3. The molecule has 0 heterocycles. The Morgan fingerprint density at radius 3 is 2.33 bits per heavy atom. The molecule has 4 N–H and O–H groups in total. The Morgan fingerprint density at radius 1 is 1.40 bits per heavy atom. The van der Waals surface area contributed by atoms with Crippen molar-refractivity contribution in [3.63, 3.8) is 0 Å². The zero-order valence-electron chi connectivity index (χ0n) is 7.20. The van der Waals surface area contributed by atoms with Gasteiger partial charge in [-0.2, -0.15) is 0 Å². The molecule has 0 saturated carbocycles. The molecule has 1 amide bonds. The third kappa shape index (κ3) is 2.52. The summed E-state index contributed by atoms with van der Waals surface area (Å²) in [6.07, 6.45) is 0. The summed E-state index contributed by atoms with van der Waals surface area (Å²) in [5.74, 6) is -1.86. The lowest BCUT2D eigenvalue weighted by Crippen LogP contribution is -2.17. The number of halogens is 2. The molecule has 0 aliphatic carbocycles. The van der Waals surface area contributed by atoms with Crippen LogP contribution in [0, 0.1) is 5.82 Å². The Bertz CT molecular complexity index is 529. The van der Waals surface area contributed by atoms with Gasteiger partial charge in [-0.05, 0) is 28.1 Å². The normalized spacial score (nSPS) is 11.4. The standard InChI is InChI=1S/C7H6BrFN2O3S/c8-6-4(7(10)12)1-3(9)2-5(6)15(11,13)14/h1-2H,(H2,10,12)(H2,11,13,14). The van der Waals surface area contributed by atoms with E-state index in [1.807, 2.05) is 0 Å². The maximum Gasteiger partial charge on any atom is 0.249 e. The van der Waals surface area contributed by atoms with Crippen molar-refractivity contribution >= 4 is 31.9 Å². The first-order valence-electron chi connectivity index (χ1n) is 3.55. The highest BCUT2D eigenvalue weighted by Gasteiger charge is 2.19. The molecule has 0 atom stereocenters. The number of hydrogen-bond donors (Lipinski definition) is 2. The van der Waals surface area contributed by atoms with Crippen LogP contribution in [0.3, 0.4) is 0 Å². The van der Waals surface area contributed by atoms with Crippen molar-refractivity contribution in [1.82, 2.24) is 0 Å². The van der Waals surface area contributed by atoms with Gasteiger partial charge in [0.25, 0.3) is 0 Å². The molecule has 0 saturated heterocycles. The smallest absolute Gasteiger partial charge is 0.249 e. The maximum absolute atomic E-state index is 12.9. The van der Waals surface area contributed by atoms with E-state index < -0.39 is 26.6 Å². The van der Waals surface area contributed by atoms with Gasteiger partial charge in [-0.3, -0.25) is 4.79 Å². The highest BCUT2D eigenvalue weighted by molar-refractivity contribution is 9.10. The molecule has 0 aliphatic heterocycles. The molecule has 5 nitrogen and oxygen atoms in total. The maximum atomic E-state index is 12.9. The second-order valence-electron chi connectivity index (χ2n) is 2.67. The number of sulfonamides is 1. The average Bonchev–Trinajstić information content (AvgIpc) is 2.06. The van der Waals surface area contributed by atoms with Gasteiger partial charge in [-0.15, -0.1) is 0 Å². The predicted octanol–water partition coefficient (Wildman–Crippen LogP) is 0.335. The number of carbonyl (C=O) groups excluding carboxylic acids is 1. The minimum atomic E-state index is -4.11. The van der Waals surface area contributed by atoms with Crippen LogP contribution in [0.25, 0.3) is 0 Å². The zero-order valence-corrected chi connectivity index (χ0v) is 9.60. The third-order valence-corrected chi connectivity index (χ3v) is 3.63. The summed E-state index contributed by atoms with van der Waals surface area (Å²) in [5, 5.41) is 4.82. The van der Waals surface area contributed by atoms with Crippen LogP contribution in [0.2, 0.25) is 0 Å². The molecule has 0 spiro atoms. The lowest BCUT2D eigenvalue weighted by molar-refractivity contribution is 0.0999. The lowest BCUT2D eigenvalue weighted by Gasteiger charge is -2.05. The Labute approximate surface area is 93.4 Å². The SMILES string of the molecule is NC(=O)c1cc(F)cc(S(N)(=O)=O)c1Br. The molecule has 0 fully saturated rings. The van der Waals surface area contributed by atoms with Crippen LogP contribution >= 0.6 is 15.9 Å². The lowest BCUT2D eigenvalue weighted by atomic mass is 10.2. The van der Waals surface area contributed by atoms with Crippen molar-refractivity contribution in [3.05, 3.63) is 28.0 Å². The second-order valence-corrected chi connectivity index (χ2v) is 5.00. The second kappa shape index (κ2) is 3.87. The predicted molar refractivity (Wildman–Crippen MR) is 54.0 cm³/mol. The van der Waals surface area contributed by atoms with E-state index in [1.54, 1.807) is 0 Å². The van der Waals surface area contributed by atoms with Crippen molar-refractivity contribution in [2.45, 2.75) is 4.90 Å². The molecule has 1 rings (SSSR count). The van der Waals surface area contributed by atoms with Crippen LogP contribution in [-0.2, 0) is 10.0 Å². The number of rotatable bonds is 2. The molecule has 8 heteroatoms. The molecule has 0 radical (unpaired) electrons. The molecular weight excluding hydrogens is 291 g/mol. The Kier molecular flexibility index (Phi) is 3.12. The van der Waals surface area contributed by atoms with E-state index in [2.05, 4.69) is 15.9 Å². The fraction of sp³-hybridized carbons (Fsp3) is 0. The number of nitrogens with two attached hydrogens (primary N) is 2. The molecule has 0 aliphatic rings. The van der Waals surface area contributed by atoms with Gasteiger partial charge < -0.3 is 5.73 Å². The summed E-state index contributed by atoms with van der Waals surface area (Å²) in [6.45, 7) is 0. The minimum absolute atomic E-state index is 0.140. The number of primary sulfonamides is 1. The van der Waals surface area contributed by atoms with E-state index in [0.29, 0.717) is 6.07 Å². The van der Waals surface area contributed by atoms with E-state index in [9.17, 15) is 17.6 Å². The third-order valence-electron chi connectivity index (χ3n) is 1.58. The summed E-state index contributed by atoms with van der Waals surface area (Å²) < 4.78 is 34.8. The Balaban J connectivity index is 3.63. The summed E-state index contributed by atoms with van der Waals surface area (Å²) in [7, 11) is -4.11. The van der Waals surface area contributed by atoms with Gasteiger partial charge in [0.1, 0.15) is 5.82 Å².